The first-order chi connectivity index (χ1) is 10.2. The summed E-state index contributed by atoms with van der Waals surface area (Å²) in [7, 11) is 1.62. The number of hydrogen-bond acceptors (Lipinski definition) is 2. The van der Waals surface area contributed by atoms with Crippen LogP contribution in [0.4, 0.5) is 0 Å². The van der Waals surface area contributed by atoms with E-state index in [2.05, 4.69) is 0 Å². The lowest BCUT2D eigenvalue weighted by molar-refractivity contribution is -0.124. The number of ketones is 1. The molecule has 0 spiro atoms. The van der Waals surface area contributed by atoms with Crippen molar-refractivity contribution in [2.45, 2.75) is 0 Å². The van der Waals surface area contributed by atoms with Gasteiger partial charge in [0, 0.05) is 18.7 Å². The second kappa shape index (κ2) is 7.20. The second-order valence-corrected chi connectivity index (χ2v) is 4.73. The van der Waals surface area contributed by atoms with Crippen LogP contribution in [0.15, 0.2) is 66.7 Å². The molecule has 2 aromatic carbocycles. The first-order valence-corrected chi connectivity index (χ1v) is 6.73. The molecule has 0 atom stereocenters. The minimum Gasteiger partial charge on any atom is -0.335 e. The average molecular weight is 279 g/mol. The Bertz CT molecular complexity index is 633. The molecule has 2 aromatic rings. The van der Waals surface area contributed by atoms with Crippen molar-refractivity contribution >= 4 is 17.8 Å². The summed E-state index contributed by atoms with van der Waals surface area (Å²) >= 11 is 0. The van der Waals surface area contributed by atoms with Crippen LogP contribution in [0.2, 0.25) is 0 Å². The van der Waals surface area contributed by atoms with E-state index in [1.807, 2.05) is 48.5 Å². The number of nitrogens with zero attached hydrogens (tertiary/aromatic N) is 1. The minimum atomic E-state index is -0.192. The van der Waals surface area contributed by atoms with E-state index in [1.54, 1.807) is 25.3 Å². The van der Waals surface area contributed by atoms with Gasteiger partial charge in [0.05, 0.1) is 6.54 Å². The number of rotatable bonds is 5. The van der Waals surface area contributed by atoms with E-state index in [-0.39, 0.29) is 18.2 Å². The predicted molar refractivity (Wildman–Crippen MR) is 83.9 cm³/mol. The van der Waals surface area contributed by atoms with Gasteiger partial charge in [0.2, 0.25) is 5.91 Å². The molecule has 3 nitrogen and oxygen atoms in total. The zero-order chi connectivity index (χ0) is 15.1. The van der Waals surface area contributed by atoms with Crippen LogP contribution < -0.4 is 0 Å². The van der Waals surface area contributed by atoms with Crippen molar-refractivity contribution < 1.29 is 9.59 Å². The predicted octanol–water partition coefficient (Wildman–Crippen LogP) is 3.04. The SMILES string of the molecule is CN(CC(=O)c1ccccc1)C(=O)C=Cc1ccccc1. The number of carbonyl (C=O) groups is 2. The highest BCUT2D eigenvalue weighted by Crippen LogP contribution is 2.04. The third-order valence-electron chi connectivity index (χ3n) is 3.07. The standard InChI is InChI=1S/C18H17NO2/c1-19(14-17(20)16-10-6-3-7-11-16)18(21)13-12-15-8-4-2-5-9-15/h2-13H,14H2,1H3. The monoisotopic (exact) mass is 279 g/mol. The van der Waals surface area contributed by atoms with Crippen LogP contribution in [0.3, 0.4) is 0 Å². The smallest absolute Gasteiger partial charge is 0.246 e. The normalized spacial score (nSPS) is 10.5. The molecule has 3 heteroatoms. The summed E-state index contributed by atoms with van der Waals surface area (Å²) in [4.78, 5) is 25.4. The average Bonchev–Trinajstić information content (AvgIpc) is 2.54. The summed E-state index contributed by atoms with van der Waals surface area (Å²) < 4.78 is 0. The van der Waals surface area contributed by atoms with Gasteiger partial charge in [0.25, 0.3) is 0 Å². The van der Waals surface area contributed by atoms with E-state index in [0.29, 0.717) is 5.56 Å². The number of amides is 1. The first kappa shape index (κ1) is 14.7. The molecule has 0 saturated carbocycles. The van der Waals surface area contributed by atoms with E-state index >= 15 is 0 Å². The third kappa shape index (κ3) is 4.42. The highest BCUT2D eigenvalue weighted by Gasteiger charge is 2.11. The quantitative estimate of drug-likeness (QED) is 0.623. The molecule has 21 heavy (non-hydrogen) atoms. The van der Waals surface area contributed by atoms with Crippen molar-refractivity contribution in [1.82, 2.24) is 4.90 Å². The first-order valence-electron chi connectivity index (χ1n) is 6.73. The third-order valence-corrected chi connectivity index (χ3v) is 3.07. The van der Waals surface area contributed by atoms with Gasteiger partial charge in [-0.25, -0.2) is 0 Å². The molecule has 0 heterocycles. The van der Waals surface area contributed by atoms with E-state index in [1.165, 1.54) is 11.0 Å². The van der Waals surface area contributed by atoms with Gasteiger partial charge in [0.15, 0.2) is 5.78 Å². The highest BCUT2D eigenvalue weighted by atomic mass is 16.2. The van der Waals surface area contributed by atoms with Gasteiger partial charge >= 0.3 is 0 Å². The van der Waals surface area contributed by atoms with Crippen LogP contribution in [0.5, 0.6) is 0 Å². The molecular formula is C18H17NO2. The topological polar surface area (TPSA) is 37.4 Å². The van der Waals surface area contributed by atoms with Crippen LogP contribution in [0, 0.1) is 0 Å². The Balaban J connectivity index is 1.94. The Morgan fingerprint density at radius 3 is 2.14 bits per heavy atom. The van der Waals surface area contributed by atoms with Gasteiger partial charge in [-0.15, -0.1) is 0 Å². The van der Waals surface area contributed by atoms with Gasteiger partial charge in [-0.2, -0.15) is 0 Å². The second-order valence-electron chi connectivity index (χ2n) is 4.73. The Hall–Kier alpha value is -2.68. The van der Waals surface area contributed by atoms with E-state index < -0.39 is 0 Å². The van der Waals surface area contributed by atoms with Crippen LogP contribution in [0.1, 0.15) is 15.9 Å². The van der Waals surface area contributed by atoms with Gasteiger partial charge in [-0.1, -0.05) is 60.7 Å². The number of hydrogen-bond donors (Lipinski definition) is 0. The number of Topliss-reactive ketones (excluding diaryl/α,β-unsaturated/α-hetero) is 1. The molecular weight excluding hydrogens is 262 g/mol. The molecule has 0 aromatic heterocycles. The molecule has 0 saturated heterocycles. The Morgan fingerprint density at radius 2 is 1.52 bits per heavy atom. The summed E-state index contributed by atoms with van der Waals surface area (Å²) in [6, 6.07) is 18.5. The fourth-order valence-electron chi connectivity index (χ4n) is 1.87. The molecule has 0 unspecified atom stereocenters. The molecule has 0 radical (unpaired) electrons. The maximum Gasteiger partial charge on any atom is 0.246 e. The molecule has 0 aliphatic carbocycles. The summed E-state index contributed by atoms with van der Waals surface area (Å²) in [5, 5.41) is 0. The van der Waals surface area contributed by atoms with Crippen LogP contribution in [0.25, 0.3) is 6.08 Å². The Morgan fingerprint density at radius 1 is 0.952 bits per heavy atom. The molecule has 106 valence electrons. The van der Waals surface area contributed by atoms with Gasteiger partial charge < -0.3 is 4.90 Å². The van der Waals surface area contributed by atoms with Crippen molar-refractivity contribution in [3.63, 3.8) is 0 Å². The largest absolute Gasteiger partial charge is 0.335 e. The van der Waals surface area contributed by atoms with E-state index in [4.69, 9.17) is 0 Å². The highest BCUT2D eigenvalue weighted by molar-refractivity contribution is 6.01. The molecule has 0 N–H and O–H groups in total. The Kier molecular flexibility index (Phi) is 5.04. The molecule has 0 aliphatic heterocycles. The number of likely N-dealkylation sites (N-methyl/N-ethyl adjacent to an activating group) is 1. The molecule has 0 bridgehead atoms. The number of carbonyl (C=O) groups excluding carboxylic acids is 2. The lowest BCUT2D eigenvalue weighted by Gasteiger charge is -2.14. The zero-order valence-corrected chi connectivity index (χ0v) is 11.9. The van der Waals surface area contributed by atoms with Gasteiger partial charge in [-0.3, -0.25) is 9.59 Å². The van der Waals surface area contributed by atoms with Gasteiger partial charge in [0.1, 0.15) is 0 Å². The maximum absolute atomic E-state index is 12.0. The van der Waals surface area contributed by atoms with Crippen molar-refractivity contribution in [3.8, 4) is 0 Å². The van der Waals surface area contributed by atoms with E-state index in [9.17, 15) is 9.59 Å². The van der Waals surface area contributed by atoms with Crippen molar-refractivity contribution in [2.24, 2.45) is 0 Å². The molecule has 0 fully saturated rings. The summed E-state index contributed by atoms with van der Waals surface area (Å²) in [6.45, 7) is 0.0714. The van der Waals surface area contributed by atoms with Crippen LogP contribution in [-0.2, 0) is 4.79 Å². The summed E-state index contributed by atoms with van der Waals surface area (Å²) in [5.74, 6) is -0.261. The lowest BCUT2D eigenvalue weighted by Crippen LogP contribution is -2.30. The summed E-state index contributed by atoms with van der Waals surface area (Å²) in [6.07, 6.45) is 3.22. The summed E-state index contributed by atoms with van der Waals surface area (Å²) in [5.41, 5.74) is 1.57. The van der Waals surface area contributed by atoms with Crippen molar-refractivity contribution in [3.05, 3.63) is 77.9 Å². The molecule has 0 aliphatic rings. The van der Waals surface area contributed by atoms with Crippen molar-refractivity contribution in [2.75, 3.05) is 13.6 Å². The zero-order valence-electron chi connectivity index (χ0n) is 11.9. The van der Waals surface area contributed by atoms with Crippen molar-refractivity contribution in [1.29, 1.82) is 0 Å². The van der Waals surface area contributed by atoms with Crippen LogP contribution in [-0.4, -0.2) is 30.2 Å². The van der Waals surface area contributed by atoms with Gasteiger partial charge in [-0.05, 0) is 11.6 Å². The fraction of sp³-hybridized carbons (Fsp3) is 0.111. The molecule has 2 rings (SSSR count). The fourth-order valence-corrected chi connectivity index (χ4v) is 1.87. The number of benzene rings is 2. The van der Waals surface area contributed by atoms with E-state index in [0.717, 1.165) is 5.56 Å². The maximum atomic E-state index is 12.0. The minimum absolute atomic E-state index is 0.0699. The van der Waals surface area contributed by atoms with Crippen LogP contribution >= 0.6 is 0 Å². The lowest BCUT2D eigenvalue weighted by atomic mass is 10.1. The molecule has 1 amide bonds. The Labute approximate surface area is 124 Å².